The number of aryl methyl sites for hydroxylation is 1. The van der Waals surface area contributed by atoms with Crippen LogP contribution in [-0.4, -0.2) is 27.2 Å². The van der Waals surface area contributed by atoms with Crippen molar-refractivity contribution >= 4 is 28.4 Å². The van der Waals surface area contributed by atoms with Crippen LogP contribution < -0.4 is 10.1 Å². The molecule has 150 valence electrons. The van der Waals surface area contributed by atoms with Crippen LogP contribution in [0, 0.1) is 0 Å². The SMILES string of the molecule is C/C=C\Oc1nc(-c2cc(Cl)c3cnn(C)c3c2)ccc1[C@@]1(C)CCCNC1=O. The van der Waals surface area contributed by atoms with Crippen LogP contribution in [0.2, 0.25) is 5.02 Å². The standard InChI is InChI=1S/C22H23ClN4O2/c1-4-10-29-20-16(22(2)8-5-9-24-21(22)28)6-7-18(26-20)14-11-17(23)15-13-25-27(3)19(15)12-14/h4,6-7,10-13H,5,8-9H2,1-3H3,(H,24,28)/b10-4-/t22-/m1/s1. The maximum absolute atomic E-state index is 12.7. The quantitative estimate of drug-likeness (QED) is 0.648. The molecule has 6 nitrogen and oxygen atoms in total. The maximum Gasteiger partial charge on any atom is 0.230 e. The molecule has 29 heavy (non-hydrogen) atoms. The van der Waals surface area contributed by atoms with Gasteiger partial charge < -0.3 is 10.1 Å². The summed E-state index contributed by atoms with van der Waals surface area (Å²) in [6.45, 7) is 4.52. The zero-order valence-electron chi connectivity index (χ0n) is 16.7. The van der Waals surface area contributed by atoms with Crippen molar-refractivity contribution in [2.75, 3.05) is 6.54 Å². The molecule has 1 aliphatic heterocycles. The second-order valence-electron chi connectivity index (χ2n) is 7.49. The highest BCUT2D eigenvalue weighted by Gasteiger charge is 2.40. The van der Waals surface area contributed by atoms with Gasteiger partial charge in [0.1, 0.15) is 0 Å². The minimum Gasteiger partial charge on any atom is -0.447 e. The van der Waals surface area contributed by atoms with Crippen molar-refractivity contribution in [2.24, 2.45) is 7.05 Å². The number of nitrogens with one attached hydrogen (secondary N) is 1. The number of allylic oxidation sites excluding steroid dienone is 1. The van der Waals surface area contributed by atoms with E-state index in [0.29, 0.717) is 17.4 Å². The molecule has 2 aromatic heterocycles. The Morgan fingerprint density at radius 3 is 2.93 bits per heavy atom. The van der Waals surface area contributed by atoms with Crippen molar-refractivity contribution in [2.45, 2.75) is 32.1 Å². The summed E-state index contributed by atoms with van der Waals surface area (Å²) < 4.78 is 7.60. The molecule has 1 atom stereocenters. The fraction of sp³-hybridized carbons (Fsp3) is 0.318. The molecule has 1 aliphatic rings. The number of hydrogen-bond acceptors (Lipinski definition) is 4. The normalized spacial score (nSPS) is 19.7. The van der Waals surface area contributed by atoms with Gasteiger partial charge in [-0.2, -0.15) is 5.10 Å². The Labute approximate surface area is 174 Å². The first-order valence-electron chi connectivity index (χ1n) is 9.63. The lowest BCUT2D eigenvalue weighted by Crippen LogP contribution is -2.47. The lowest BCUT2D eigenvalue weighted by atomic mass is 9.76. The van der Waals surface area contributed by atoms with Crippen molar-refractivity contribution in [3.8, 4) is 17.1 Å². The first-order chi connectivity index (χ1) is 13.9. The van der Waals surface area contributed by atoms with Crippen LogP contribution in [0.3, 0.4) is 0 Å². The molecule has 1 aromatic carbocycles. The Kier molecular flexibility index (Phi) is 5.04. The van der Waals surface area contributed by atoms with Crippen LogP contribution in [0.1, 0.15) is 32.3 Å². The molecule has 0 spiro atoms. The third kappa shape index (κ3) is 3.38. The molecule has 3 heterocycles. The fourth-order valence-electron chi connectivity index (χ4n) is 3.81. The molecule has 3 aromatic rings. The number of halogens is 1. The number of benzene rings is 1. The third-order valence-corrected chi connectivity index (χ3v) is 5.84. The Hall–Kier alpha value is -2.86. The van der Waals surface area contributed by atoms with Crippen LogP contribution in [0.4, 0.5) is 0 Å². The molecule has 0 unspecified atom stereocenters. The molecular weight excluding hydrogens is 388 g/mol. The highest BCUT2D eigenvalue weighted by Crippen LogP contribution is 2.39. The van der Waals surface area contributed by atoms with Gasteiger partial charge in [0.2, 0.25) is 11.8 Å². The number of ether oxygens (including phenoxy) is 1. The first kappa shape index (κ1) is 19.5. The molecule has 1 N–H and O–H groups in total. The van der Waals surface area contributed by atoms with Gasteiger partial charge >= 0.3 is 0 Å². The molecule has 4 rings (SSSR count). The average Bonchev–Trinajstić information content (AvgIpc) is 3.10. The zero-order chi connectivity index (χ0) is 20.6. The van der Waals surface area contributed by atoms with Crippen molar-refractivity contribution in [1.82, 2.24) is 20.1 Å². The second kappa shape index (κ2) is 7.52. The lowest BCUT2D eigenvalue weighted by molar-refractivity contribution is -0.128. The average molecular weight is 411 g/mol. The number of amides is 1. The van der Waals surface area contributed by atoms with Crippen LogP contribution in [-0.2, 0) is 17.3 Å². The summed E-state index contributed by atoms with van der Waals surface area (Å²) in [6, 6.07) is 7.74. The van der Waals surface area contributed by atoms with E-state index in [0.717, 1.165) is 40.6 Å². The van der Waals surface area contributed by atoms with E-state index in [1.165, 1.54) is 0 Å². The van der Waals surface area contributed by atoms with Crippen LogP contribution in [0.5, 0.6) is 5.88 Å². The Morgan fingerprint density at radius 1 is 1.34 bits per heavy atom. The smallest absolute Gasteiger partial charge is 0.230 e. The fourth-order valence-corrected chi connectivity index (χ4v) is 4.07. The Bertz CT molecular complexity index is 1120. The molecule has 1 saturated heterocycles. The van der Waals surface area contributed by atoms with Gasteiger partial charge in [-0.3, -0.25) is 9.48 Å². The topological polar surface area (TPSA) is 69.0 Å². The van der Waals surface area contributed by atoms with E-state index in [1.807, 2.05) is 45.2 Å². The van der Waals surface area contributed by atoms with Gasteiger partial charge in [0.25, 0.3) is 0 Å². The number of carbonyl (C=O) groups excluding carboxylic acids is 1. The molecule has 0 aliphatic carbocycles. The number of hydrogen-bond donors (Lipinski definition) is 1. The van der Waals surface area contributed by atoms with Gasteiger partial charge in [-0.1, -0.05) is 23.7 Å². The van der Waals surface area contributed by atoms with Gasteiger partial charge in [0.15, 0.2) is 0 Å². The number of carbonyl (C=O) groups is 1. The molecule has 0 saturated carbocycles. The minimum atomic E-state index is -0.676. The van der Waals surface area contributed by atoms with Crippen molar-refractivity contribution < 1.29 is 9.53 Å². The van der Waals surface area contributed by atoms with E-state index < -0.39 is 5.41 Å². The van der Waals surface area contributed by atoms with E-state index >= 15 is 0 Å². The van der Waals surface area contributed by atoms with E-state index in [2.05, 4.69) is 10.4 Å². The van der Waals surface area contributed by atoms with E-state index in [9.17, 15) is 4.79 Å². The summed E-state index contributed by atoms with van der Waals surface area (Å²) in [6.07, 6.45) is 6.79. The van der Waals surface area contributed by atoms with Crippen molar-refractivity contribution in [3.63, 3.8) is 0 Å². The summed E-state index contributed by atoms with van der Waals surface area (Å²) in [5.74, 6) is 0.435. The van der Waals surface area contributed by atoms with Crippen molar-refractivity contribution in [3.05, 3.63) is 53.4 Å². The molecular formula is C22H23ClN4O2. The third-order valence-electron chi connectivity index (χ3n) is 5.52. The van der Waals surface area contributed by atoms with Crippen LogP contribution >= 0.6 is 11.6 Å². The Morgan fingerprint density at radius 2 is 2.17 bits per heavy atom. The number of piperidine rings is 1. The summed E-state index contributed by atoms with van der Waals surface area (Å²) >= 11 is 6.47. The van der Waals surface area contributed by atoms with E-state index in [-0.39, 0.29) is 5.91 Å². The molecule has 7 heteroatoms. The van der Waals surface area contributed by atoms with Gasteiger partial charge in [-0.15, -0.1) is 0 Å². The largest absolute Gasteiger partial charge is 0.447 e. The van der Waals surface area contributed by atoms with E-state index in [1.54, 1.807) is 23.2 Å². The summed E-state index contributed by atoms with van der Waals surface area (Å²) in [7, 11) is 1.88. The van der Waals surface area contributed by atoms with E-state index in [4.69, 9.17) is 21.3 Å². The highest BCUT2D eigenvalue weighted by molar-refractivity contribution is 6.35. The van der Waals surface area contributed by atoms with Crippen LogP contribution in [0.25, 0.3) is 22.2 Å². The molecule has 1 amide bonds. The highest BCUT2D eigenvalue weighted by atomic mass is 35.5. The van der Waals surface area contributed by atoms with Crippen molar-refractivity contribution in [1.29, 1.82) is 0 Å². The molecule has 0 radical (unpaired) electrons. The monoisotopic (exact) mass is 410 g/mol. The number of aromatic nitrogens is 3. The van der Waals surface area contributed by atoms with Gasteiger partial charge in [-0.25, -0.2) is 4.98 Å². The van der Waals surface area contributed by atoms with Crippen LogP contribution in [0.15, 0.2) is 42.8 Å². The lowest BCUT2D eigenvalue weighted by Gasteiger charge is -2.33. The number of nitrogens with zero attached hydrogens (tertiary/aromatic N) is 3. The van der Waals surface area contributed by atoms with Gasteiger partial charge in [0, 0.05) is 30.1 Å². The number of fused-ring (bicyclic) bond motifs is 1. The van der Waals surface area contributed by atoms with Gasteiger partial charge in [0.05, 0.1) is 34.1 Å². The first-order valence-corrected chi connectivity index (χ1v) is 10.0. The summed E-state index contributed by atoms with van der Waals surface area (Å²) in [5.41, 5.74) is 2.61. The molecule has 1 fully saturated rings. The zero-order valence-corrected chi connectivity index (χ0v) is 17.5. The number of rotatable bonds is 4. The molecule has 0 bridgehead atoms. The predicted molar refractivity (Wildman–Crippen MR) is 114 cm³/mol. The number of pyridine rings is 1. The maximum atomic E-state index is 12.7. The van der Waals surface area contributed by atoms with Gasteiger partial charge in [-0.05, 0) is 44.9 Å². The minimum absolute atomic E-state index is 0.00276. The second-order valence-corrected chi connectivity index (χ2v) is 7.89. The summed E-state index contributed by atoms with van der Waals surface area (Å²) in [5, 5.41) is 8.75. The summed E-state index contributed by atoms with van der Waals surface area (Å²) in [4.78, 5) is 17.4. The predicted octanol–water partition coefficient (Wildman–Crippen LogP) is 4.37. The Balaban J connectivity index is 1.84.